The normalized spacial score (nSPS) is 11.1. The topological polar surface area (TPSA) is 166 Å². The summed E-state index contributed by atoms with van der Waals surface area (Å²) in [5.41, 5.74) is 0.395. The van der Waals surface area contributed by atoms with E-state index >= 15 is 0 Å². The third kappa shape index (κ3) is 5.82. The summed E-state index contributed by atoms with van der Waals surface area (Å²) in [7, 11) is 1.34. The van der Waals surface area contributed by atoms with Gasteiger partial charge >= 0.3 is 6.03 Å². The average Bonchev–Trinajstić information content (AvgIpc) is 2.83. The van der Waals surface area contributed by atoms with Gasteiger partial charge in [0.15, 0.2) is 0 Å². The van der Waals surface area contributed by atoms with Gasteiger partial charge in [0.25, 0.3) is 17.3 Å². The van der Waals surface area contributed by atoms with E-state index in [1.54, 1.807) is 30.3 Å². The van der Waals surface area contributed by atoms with Crippen LogP contribution in [0.4, 0.5) is 27.5 Å². The lowest BCUT2D eigenvalue weighted by molar-refractivity contribution is -0.385. The first-order valence-corrected chi connectivity index (χ1v) is 9.78. The summed E-state index contributed by atoms with van der Waals surface area (Å²) < 4.78 is 5.13. The van der Waals surface area contributed by atoms with E-state index in [1.807, 2.05) is 0 Å². The molecule has 34 heavy (non-hydrogen) atoms. The van der Waals surface area contributed by atoms with Crippen LogP contribution >= 0.6 is 0 Å². The Kier molecular flexibility index (Phi) is 7.34. The Bertz CT molecular complexity index is 1220. The Labute approximate surface area is 192 Å². The highest BCUT2D eigenvalue weighted by Crippen LogP contribution is 2.29. The van der Waals surface area contributed by atoms with Crippen LogP contribution in [-0.2, 0) is 4.79 Å². The molecule has 1 unspecified atom stereocenters. The molecule has 0 heterocycles. The SMILES string of the molecule is COc1ccc([N+](=O)[O-])cc1NC(=O)NC(C(=O)Nc1ccc([N+](=O)[O-])cc1)c1ccccc1. The van der Waals surface area contributed by atoms with Gasteiger partial charge in [-0.05, 0) is 23.8 Å². The number of nitro benzene ring substituents is 2. The van der Waals surface area contributed by atoms with E-state index < -0.39 is 27.8 Å². The van der Waals surface area contributed by atoms with Crippen molar-refractivity contribution in [2.75, 3.05) is 17.7 Å². The van der Waals surface area contributed by atoms with Gasteiger partial charge < -0.3 is 20.7 Å². The predicted molar refractivity (Wildman–Crippen MR) is 123 cm³/mol. The minimum atomic E-state index is -1.15. The minimum absolute atomic E-state index is 0.0387. The molecule has 0 aliphatic rings. The van der Waals surface area contributed by atoms with Crippen LogP contribution in [0.15, 0.2) is 72.8 Å². The molecule has 12 nitrogen and oxygen atoms in total. The number of anilines is 2. The van der Waals surface area contributed by atoms with Gasteiger partial charge in [-0.3, -0.25) is 25.0 Å². The minimum Gasteiger partial charge on any atom is -0.495 e. The zero-order valence-electron chi connectivity index (χ0n) is 17.8. The number of nitrogens with one attached hydrogen (secondary N) is 3. The molecule has 3 N–H and O–H groups in total. The highest BCUT2D eigenvalue weighted by atomic mass is 16.6. The smallest absolute Gasteiger partial charge is 0.320 e. The summed E-state index contributed by atoms with van der Waals surface area (Å²) in [6.45, 7) is 0. The van der Waals surface area contributed by atoms with Crippen LogP contribution in [-0.4, -0.2) is 28.9 Å². The fourth-order valence-electron chi connectivity index (χ4n) is 3.02. The number of nitrogens with zero attached hydrogens (tertiary/aromatic N) is 2. The predicted octanol–water partition coefficient (Wildman–Crippen LogP) is 4.01. The zero-order chi connectivity index (χ0) is 24.7. The van der Waals surface area contributed by atoms with E-state index in [9.17, 15) is 29.8 Å². The molecule has 3 rings (SSSR count). The van der Waals surface area contributed by atoms with Crippen LogP contribution in [0.25, 0.3) is 0 Å². The summed E-state index contributed by atoms with van der Waals surface area (Å²) in [6.07, 6.45) is 0. The maximum absolute atomic E-state index is 13.0. The second-order valence-corrected chi connectivity index (χ2v) is 6.88. The molecule has 0 radical (unpaired) electrons. The van der Waals surface area contributed by atoms with Crippen LogP contribution in [0.5, 0.6) is 5.75 Å². The van der Waals surface area contributed by atoms with Crippen molar-refractivity contribution in [1.82, 2.24) is 5.32 Å². The Hall–Kier alpha value is -5.00. The standard InChI is InChI=1S/C22H19N5O7/c1-34-19-12-11-17(27(32)33)13-18(19)24-22(29)25-20(14-5-3-2-4-6-14)21(28)23-15-7-9-16(10-8-15)26(30)31/h2-13,20H,1H3,(H,23,28)(H2,24,25,29). The lowest BCUT2D eigenvalue weighted by Gasteiger charge is -2.20. The Morgan fingerprint density at radius 3 is 2.06 bits per heavy atom. The average molecular weight is 465 g/mol. The molecule has 0 aliphatic heterocycles. The molecule has 174 valence electrons. The number of hydrogen-bond acceptors (Lipinski definition) is 7. The van der Waals surface area contributed by atoms with Crippen molar-refractivity contribution in [3.8, 4) is 5.75 Å². The Morgan fingerprint density at radius 1 is 0.853 bits per heavy atom. The molecule has 1 atom stereocenters. The van der Waals surface area contributed by atoms with E-state index in [0.29, 0.717) is 11.3 Å². The number of nitro groups is 2. The molecular formula is C22H19N5O7. The second-order valence-electron chi connectivity index (χ2n) is 6.88. The molecule has 0 saturated heterocycles. The van der Waals surface area contributed by atoms with Crippen LogP contribution in [0.3, 0.4) is 0 Å². The van der Waals surface area contributed by atoms with Crippen molar-refractivity contribution in [3.05, 3.63) is 98.6 Å². The molecule has 3 amide bonds. The molecule has 0 saturated carbocycles. The first kappa shape index (κ1) is 23.7. The van der Waals surface area contributed by atoms with Crippen LogP contribution in [0.2, 0.25) is 0 Å². The van der Waals surface area contributed by atoms with Gasteiger partial charge in [0.05, 0.1) is 22.6 Å². The Morgan fingerprint density at radius 2 is 1.47 bits per heavy atom. The van der Waals surface area contributed by atoms with E-state index in [1.165, 1.54) is 43.5 Å². The summed E-state index contributed by atoms with van der Waals surface area (Å²) in [5, 5.41) is 29.5. The van der Waals surface area contributed by atoms with Gasteiger partial charge in [0, 0.05) is 30.0 Å². The molecule has 0 spiro atoms. The number of rotatable bonds is 8. The van der Waals surface area contributed by atoms with Gasteiger partial charge in [-0.2, -0.15) is 0 Å². The number of carbonyl (C=O) groups is 2. The second kappa shape index (κ2) is 10.5. The van der Waals surface area contributed by atoms with Crippen molar-refractivity contribution in [3.63, 3.8) is 0 Å². The summed E-state index contributed by atoms with van der Waals surface area (Å²) in [6, 6.07) is 15.3. The maximum Gasteiger partial charge on any atom is 0.320 e. The third-order valence-electron chi connectivity index (χ3n) is 4.66. The van der Waals surface area contributed by atoms with Gasteiger partial charge in [0.1, 0.15) is 11.8 Å². The highest BCUT2D eigenvalue weighted by molar-refractivity contribution is 6.00. The van der Waals surface area contributed by atoms with Crippen LogP contribution in [0.1, 0.15) is 11.6 Å². The van der Waals surface area contributed by atoms with Crippen LogP contribution < -0.4 is 20.7 Å². The number of benzene rings is 3. The zero-order valence-corrected chi connectivity index (χ0v) is 17.8. The van der Waals surface area contributed by atoms with E-state index in [4.69, 9.17) is 4.74 Å². The monoisotopic (exact) mass is 465 g/mol. The number of amides is 3. The van der Waals surface area contributed by atoms with E-state index in [2.05, 4.69) is 16.0 Å². The van der Waals surface area contributed by atoms with Crippen molar-refractivity contribution < 1.29 is 24.2 Å². The quantitative estimate of drug-likeness (QED) is 0.334. The molecule has 0 aliphatic carbocycles. The van der Waals surface area contributed by atoms with Crippen molar-refractivity contribution in [2.24, 2.45) is 0 Å². The third-order valence-corrected chi connectivity index (χ3v) is 4.66. The summed E-state index contributed by atoms with van der Waals surface area (Å²) >= 11 is 0. The molecular weight excluding hydrogens is 446 g/mol. The molecule has 12 heteroatoms. The number of hydrogen-bond donors (Lipinski definition) is 3. The lowest BCUT2D eigenvalue weighted by atomic mass is 10.1. The van der Waals surface area contributed by atoms with E-state index in [-0.39, 0.29) is 22.8 Å². The van der Waals surface area contributed by atoms with Gasteiger partial charge in [0.2, 0.25) is 0 Å². The Balaban J connectivity index is 1.81. The number of carbonyl (C=O) groups excluding carboxylic acids is 2. The lowest BCUT2D eigenvalue weighted by Crippen LogP contribution is -2.39. The maximum atomic E-state index is 13.0. The molecule has 3 aromatic carbocycles. The summed E-state index contributed by atoms with van der Waals surface area (Å²) in [5.74, 6) is -0.423. The molecule has 0 bridgehead atoms. The molecule has 3 aromatic rings. The van der Waals surface area contributed by atoms with Crippen molar-refractivity contribution >= 4 is 34.7 Å². The fourth-order valence-corrected chi connectivity index (χ4v) is 3.02. The van der Waals surface area contributed by atoms with Gasteiger partial charge in [-0.15, -0.1) is 0 Å². The highest BCUT2D eigenvalue weighted by Gasteiger charge is 2.24. The summed E-state index contributed by atoms with van der Waals surface area (Å²) in [4.78, 5) is 46.4. The molecule has 0 fully saturated rings. The van der Waals surface area contributed by atoms with Crippen molar-refractivity contribution in [2.45, 2.75) is 6.04 Å². The van der Waals surface area contributed by atoms with Gasteiger partial charge in [-0.1, -0.05) is 30.3 Å². The van der Waals surface area contributed by atoms with E-state index in [0.717, 1.165) is 6.07 Å². The largest absolute Gasteiger partial charge is 0.495 e. The van der Waals surface area contributed by atoms with Gasteiger partial charge in [-0.25, -0.2) is 4.79 Å². The fraction of sp³-hybridized carbons (Fsp3) is 0.0909. The van der Waals surface area contributed by atoms with Crippen LogP contribution in [0, 0.1) is 20.2 Å². The number of non-ortho nitro benzene ring substituents is 2. The number of ether oxygens (including phenoxy) is 1. The first-order valence-electron chi connectivity index (χ1n) is 9.78. The first-order chi connectivity index (χ1) is 16.3. The van der Waals surface area contributed by atoms with Crippen molar-refractivity contribution in [1.29, 1.82) is 0 Å². The number of urea groups is 1. The number of methoxy groups -OCH3 is 1. The molecule has 0 aromatic heterocycles.